The predicted octanol–water partition coefficient (Wildman–Crippen LogP) is -3.92. The Morgan fingerprint density at radius 3 is 1.29 bits per heavy atom. The summed E-state index contributed by atoms with van der Waals surface area (Å²) in [5.74, 6) is -6.15. The zero-order valence-electron chi connectivity index (χ0n) is 38.2. The largest absolute Gasteiger partial charge is 0.480 e. The van der Waals surface area contributed by atoms with E-state index in [-0.39, 0.29) is 58.2 Å². The van der Waals surface area contributed by atoms with Crippen molar-refractivity contribution in [3.8, 4) is 0 Å². The van der Waals surface area contributed by atoms with E-state index in [0.29, 0.717) is 83.8 Å². The Morgan fingerprint density at radius 2 is 0.908 bits per heavy atom. The number of amides is 7. The fourth-order valence-corrected chi connectivity index (χ4v) is 7.96. The molecule has 2 heterocycles. The first-order valence-electron chi connectivity index (χ1n) is 23.2. The van der Waals surface area contributed by atoms with Crippen molar-refractivity contribution in [1.82, 2.24) is 36.4 Å². The molecule has 2 saturated heterocycles. The minimum absolute atomic E-state index is 0.0763. The van der Waals surface area contributed by atoms with Gasteiger partial charge in [-0.2, -0.15) is 0 Å². The molecular weight excluding hydrogens is 849 g/mol. The van der Waals surface area contributed by atoms with E-state index in [2.05, 4.69) is 26.6 Å². The second kappa shape index (κ2) is 29.9. The van der Waals surface area contributed by atoms with Gasteiger partial charge in [-0.25, -0.2) is 4.79 Å². The number of hydrogen-bond acceptors (Lipinski definition) is 15. The van der Waals surface area contributed by atoms with Gasteiger partial charge in [-0.1, -0.05) is 0 Å². The van der Waals surface area contributed by atoms with E-state index in [4.69, 9.17) is 28.7 Å². The Hall–Kier alpha value is -4.52. The Balaban J connectivity index is 2.29. The molecule has 2 fully saturated rings. The maximum atomic E-state index is 14.1. The number of hydrogen-bond donors (Lipinski definition) is 13. The maximum absolute atomic E-state index is 14.1. The molecule has 372 valence electrons. The van der Waals surface area contributed by atoms with Crippen LogP contribution in [0, 0.1) is 0 Å². The van der Waals surface area contributed by atoms with Crippen molar-refractivity contribution < 1.29 is 53.7 Å². The van der Waals surface area contributed by atoms with Crippen LogP contribution in [-0.2, 0) is 38.4 Å². The number of aliphatic carboxylic acids is 1. The molecule has 0 aromatic heterocycles. The van der Waals surface area contributed by atoms with Crippen LogP contribution >= 0.6 is 0 Å². The van der Waals surface area contributed by atoms with Crippen LogP contribution in [0.25, 0.3) is 0 Å². The minimum Gasteiger partial charge on any atom is -0.480 e. The normalized spacial score (nSPS) is 19.8. The number of unbranched alkanes of at least 4 members (excludes halogenated alkanes) is 4. The van der Waals surface area contributed by atoms with Crippen LogP contribution in [0.4, 0.5) is 0 Å². The Morgan fingerprint density at radius 1 is 0.523 bits per heavy atom. The number of carboxylic acids is 1. The number of carboxylic acid groups (broad SMARTS) is 1. The van der Waals surface area contributed by atoms with Crippen molar-refractivity contribution in [2.45, 2.75) is 177 Å². The third-order valence-corrected chi connectivity index (χ3v) is 11.8. The molecule has 23 nitrogen and oxygen atoms in total. The quantitative estimate of drug-likeness (QED) is 0.0295. The second-order valence-corrected chi connectivity index (χ2v) is 17.1. The highest BCUT2D eigenvalue weighted by Gasteiger charge is 2.42. The van der Waals surface area contributed by atoms with Gasteiger partial charge in [0.05, 0.1) is 12.2 Å². The molecule has 23 heteroatoms. The van der Waals surface area contributed by atoms with Crippen LogP contribution in [0.1, 0.15) is 117 Å². The molecule has 0 aromatic carbocycles. The lowest BCUT2D eigenvalue weighted by Crippen LogP contribution is -2.61. The molecule has 2 rings (SSSR count). The van der Waals surface area contributed by atoms with Gasteiger partial charge >= 0.3 is 5.97 Å². The van der Waals surface area contributed by atoms with Crippen LogP contribution in [-0.4, -0.2) is 172 Å². The van der Waals surface area contributed by atoms with Gasteiger partial charge in [0.25, 0.3) is 0 Å². The number of nitrogens with zero attached hydrogens (tertiary/aromatic N) is 2. The predicted molar refractivity (Wildman–Crippen MR) is 240 cm³/mol. The first-order chi connectivity index (χ1) is 30.9. The number of nitrogens with two attached hydrogens (primary N) is 5. The van der Waals surface area contributed by atoms with Gasteiger partial charge in [0.1, 0.15) is 48.3 Å². The number of carbonyl (C=O) groups is 8. The highest BCUT2D eigenvalue weighted by atomic mass is 16.4. The lowest BCUT2D eigenvalue weighted by atomic mass is 10.0. The van der Waals surface area contributed by atoms with E-state index in [1.54, 1.807) is 0 Å². The van der Waals surface area contributed by atoms with E-state index in [9.17, 15) is 53.7 Å². The van der Waals surface area contributed by atoms with Gasteiger partial charge in [-0.15, -0.1) is 0 Å². The van der Waals surface area contributed by atoms with E-state index in [0.717, 1.165) is 0 Å². The molecule has 7 amide bonds. The van der Waals surface area contributed by atoms with Crippen LogP contribution in [0.3, 0.4) is 0 Å². The third kappa shape index (κ3) is 18.4. The summed E-state index contributed by atoms with van der Waals surface area (Å²) in [6.07, 6.45) is 3.10. The van der Waals surface area contributed by atoms with Crippen molar-refractivity contribution in [3.05, 3.63) is 0 Å². The Kier molecular flexibility index (Phi) is 26.0. The zero-order chi connectivity index (χ0) is 48.6. The van der Waals surface area contributed by atoms with E-state index >= 15 is 0 Å². The van der Waals surface area contributed by atoms with E-state index < -0.39 is 108 Å². The Labute approximate surface area is 381 Å². The standard InChI is InChI=1S/C42H78N12O11/c1-25(55)33(47)38(60)49-28(14-4-8-20-44)40(62)53-23-11-17-31(53)36(58)48-27(13-3-7-19-43)35(57)52-34(26(2)56)39(61)50-29(15-5-9-21-45)41(63)54-24-12-18-32(54)37(59)51-30(42(64)65)16-6-10-22-46/h25-34,55-56H,3-24,43-47H2,1-2H3,(H,48,58)(H,49,60)(H,50,61)(H,51,59)(H,52,57)(H,64,65). The average Bonchev–Trinajstić information content (AvgIpc) is 3.97. The number of likely N-dealkylation sites (tertiary alicyclic amines) is 2. The molecule has 10 unspecified atom stereocenters. The van der Waals surface area contributed by atoms with E-state index in [1.807, 2.05) is 0 Å². The fraction of sp³-hybridized carbons (Fsp3) is 0.810. The molecule has 0 saturated carbocycles. The van der Waals surface area contributed by atoms with Crippen molar-refractivity contribution in [2.24, 2.45) is 28.7 Å². The summed E-state index contributed by atoms with van der Waals surface area (Å²) in [5.41, 5.74) is 28.5. The number of aliphatic hydroxyl groups is 2. The van der Waals surface area contributed by atoms with Crippen LogP contribution in [0.2, 0.25) is 0 Å². The summed E-state index contributed by atoms with van der Waals surface area (Å²) in [5, 5.41) is 43.5. The molecule has 2 aliphatic heterocycles. The number of rotatable bonds is 31. The first-order valence-corrected chi connectivity index (χ1v) is 23.2. The van der Waals surface area contributed by atoms with Gasteiger partial charge in [-0.05, 0) is 143 Å². The second-order valence-electron chi connectivity index (χ2n) is 17.1. The Bertz CT molecular complexity index is 1560. The molecule has 18 N–H and O–H groups in total. The van der Waals surface area contributed by atoms with Crippen molar-refractivity contribution in [2.75, 3.05) is 39.3 Å². The highest BCUT2D eigenvalue weighted by Crippen LogP contribution is 2.22. The van der Waals surface area contributed by atoms with Gasteiger partial charge in [0.2, 0.25) is 41.4 Å². The lowest BCUT2D eigenvalue weighted by Gasteiger charge is -2.32. The first kappa shape index (κ1) is 56.6. The molecule has 2 aliphatic rings. The smallest absolute Gasteiger partial charge is 0.326 e. The monoisotopic (exact) mass is 927 g/mol. The van der Waals surface area contributed by atoms with Crippen LogP contribution in [0.15, 0.2) is 0 Å². The third-order valence-electron chi connectivity index (χ3n) is 11.8. The van der Waals surface area contributed by atoms with Gasteiger partial charge in [-0.3, -0.25) is 33.6 Å². The minimum atomic E-state index is -1.61. The number of aliphatic hydroxyl groups excluding tert-OH is 2. The average molecular weight is 927 g/mol. The van der Waals surface area contributed by atoms with Crippen LogP contribution in [0.5, 0.6) is 0 Å². The fourth-order valence-electron chi connectivity index (χ4n) is 7.96. The zero-order valence-corrected chi connectivity index (χ0v) is 38.2. The topological polar surface area (TPSA) is 394 Å². The van der Waals surface area contributed by atoms with E-state index in [1.165, 1.54) is 23.6 Å². The molecule has 65 heavy (non-hydrogen) atoms. The van der Waals surface area contributed by atoms with Gasteiger partial charge in [0, 0.05) is 13.1 Å². The summed E-state index contributed by atoms with van der Waals surface area (Å²) in [6.45, 7) is 4.26. The number of nitrogens with one attached hydrogen (secondary N) is 5. The van der Waals surface area contributed by atoms with Crippen molar-refractivity contribution in [3.63, 3.8) is 0 Å². The van der Waals surface area contributed by atoms with Gasteiger partial charge < -0.3 is 80.4 Å². The summed E-state index contributed by atoms with van der Waals surface area (Å²) in [4.78, 5) is 111. The van der Waals surface area contributed by atoms with Crippen molar-refractivity contribution >= 4 is 47.3 Å². The summed E-state index contributed by atoms with van der Waals surface area (Å²) in [6, 6.07) is -9.65. The molecule has 10 atom stereocenters. The van der Waals surface area contributed by atoms with Crippen molar-refractivity contribution in [1.29, 1.82) is 0 Å². The molecule has 0 aliphatic carbocycles. The van der Waals surface area contributed by atoms with Gasteiger partial charge in [0.15, 0.2) is 0 Å². The molecule has 0 bridgehead atoms. The number of carbonyl (C=O) groups excluding carboxylic acids is 7. The summed E-state index contributed by atoms with van der Waals surface area (Å²) >= 11 is 0. The summed E-state index contributed by atoms with van der Waals surface area (Å²) in [7, 11) is 0. The SMILES string of the molecule is CC(O)C(N)C(=O)NC(CCCCN)C(=O)N1CCCC1C(=O)NC(CCCCN)C(=O)NC(C(=O)NC(CCCCN)C(=O)N1CCCC1C(=O)NC(CCCCN)C(=O)O)C(C)O. The molecule has 0 aromatic rings. The molecule has 0 spiro atoms. The molecule has 0 radical (unpaired) electrons. The maximum Gasteiger partial charge on any atom is 0.326 e. The lowest BCUT2D eigenvalue weighted by molar-refractivity contribution is -0.145. The summed E-state index contributed by atoms with van der Waals surface area (Å²) < 4.78 is 0. The molecular formula is C42H78N12O11. The van der Waals surface area contributed by atoms with Crippen LogP contribution < -0.4 is 55.3 Å². The highest BCUT2D eigenvalue weighted by molar-refractivity contribution is 5.98.